The van der Waals surface area contributed by atoms with E-state index in [4.69, 9.17) is 0 Å². The van der Waals surface area contributed by atoms with Crippen molar-refractivity contribution < 1.29 is 0 Å². The van der Waals surface area contributed by atoms with Gasteiger partial charge in [-0.1, -0.05) is 30.3 Å². The molecular weight excluding hydrogens is 422 g/mol. The summed E-state index contributed by atoms with van der Waals surface area (Å²) in [6.45, 7) is 4.36. The monoisotopic (exact) mass is 434 g/mol. The highest BCUT2D eigenvalue weighted by Crippen LogP contribution is 2.31. The molecule has 0 spiro atoms. The van der Waals surface area contributed by atoms with Gasteiger partial charge in [-0.2, -0.15) is 0 Å². The summed E-state index contributed by atoms with van der Waals surface area (Å²) in [7, 11) is 0. The number of rotatable bonds is 1. The molecule has 16 heavy (non-hydrogen) atoms. The van der Waals surface area contributed by atoms with E-state index < -0.39 is 0 Å². The van der Waals surface area contributed by atoms with Gasteiger partial charge in [0.05, 0.1) is 0 Å². The first kappa shape index (κ1) is 12.4. The number of benzene rings is 2. The maximum Gasteiger partial charge on any atom is 0.0342 e. The predicted molar refractivity (Wildman–Crippen MR) is 86.8 cm³/mol. The highest BCUT2D eigenvalue weighted by atomic mass is 127. The van der Waals surface area contributed by atoms with Crippen LogP contribution in [0.25, 0.3) is 11.1 Å². The quantitative estimate of drug-likeness (QED) is 0.543. The van der Waals surface area contributed by atoms with Crippen molar-refractivity contribution in [1.29, 1.82) is 0 Å². The lowest BCUT2D eigenvalue weighted by atomic mass is 9.97. The first-order chi connectivity index (χ1) is 7.61. The zero-order valence-electron chi connectivity index (χ0n) is 9.22. The van der Waals surface area contributed by atoms with Gasteiger partial charge in [-0.25, -0.2) is 0 Å². The lowest BCUT2D eigenvalue weighted by molar-refractivity contribution is 1.33. The Bertz CT molecular complexity index is 481. The molecule has 0 aromatic heterocycles. The van der Waals surface area contributed by atoms with E-state index >= 15 is 0 Å². The summed E-state index contributed by atoms with van der Waals surface area (Å²) in [6, 6.07) is 13.0. The summed E-state index contributed by atoms with van der Waals surface area (Å²) in [5.41, 5.74) is 5.42. The Morgan fingerprint density at radius 1 is 0.812 bits per heavy atom. The molecule has 0 nitrogen and oxygen atoms in total. The Balaban J connectivity index is 2.68. The van der Waals surface area contributed by atoms with Crippen molar-refractivity contribution in [3.05, 3.63) is 54.7 Å². The normalized spacial score (nSPS) is 10.5. The van der Waals surface area contributed by atoms with Gasteiger partial charge < -0.3 is 0 Å². The second-order valence-corrected chi connectivity index (χ2v) is 6.09. The largest absolute Gasteiger partial charge is 0.0614 e. The molecule has 0 aliphatic heterocycles. The predicted octanol–water partition coefficient (Wildman–Crippen LogP) is 5.18. The van der Waals surface area contributed by atoms with Gasteiger partial charge in [0.1, 0.15) is 0 Å². The smallest absolute Gasteiger partial charge is 0.0342 e. The lowest BCUT2D eigenvalue weighted by Gasteiger charge is -2.11. The summed E-state index contributed by atoms with van der Waals surface area (Å²) in [4.78, 5) is 0. The van der Waals surface area contributed by atoms with Gasteiger partial charge in [0.2, 0.25) is 0 Å². The second kappa shape index (κ2) is 5.04. The molecule has 0 radical (unpaired) electrons. The van der Waals surface area contributed by atoms with Crippen LogP contribution in [-0.4, -0.2) is 0 Å². The summed E-state index contributed by atoms with van der Waals surface area (Å²) >= 11 is 4.82. The highest BCUT2D eigenvalue weighted by molar-refractivity contribution is 14.1. The first-order valence-corrected chi connectivity index (χ1v) is 7.27. The molecule has 0 saturated carbocycles. The van der Waals surface area contributed by atoms with Crippen LogP contribution in [0.2, 0.25) is 0 Å². The van der Waals surface area contributed by atoms with Gasteiger partial charge in [-0.3, -0.25) is 0 Å². The zero-order chi connectivity index (χ0) is 11.7. The molecule has 2 aromatic carbocycles. The fraction of sp³-hybridized carbons (Fsp3) is 0.143. The van der Waals surface area contributed by atoms with Crippen molar-refractivity contribution in [1.82, 2.24) is 0 Å². The van der Waals surface area contributed by atoms with Crippen LogP contribution in [0, 0.1) is 21.0 Å². The Morgan fingerprint density at radius 3 is 2.19 bits per heavy atom. The van der Waals surface area contributed by atoms with Gasteiger partial charge >= 0.3 is 0 Å². The molecule has 0 fully saturated rings. The Hall–Kier alpha value is -0.1000. The van der Waals surface area contributed by atoms with Crippen molar-refractivity contribution in [3.63, 3.8) is 0 Å². The third kappa shape index (κ3) is 2.27. The molecule has 0 saturated heterocycles. The third-order valence-electron chi connectivity index (χ3n) is 2.85. The minimum Gasteiger partial charge on any atom is -0.0614 e. The van der Waals surface area contributed by atoms with E-state index in [1.165, 1.54) is 29.4 Å². The molecule has 0 aliphatic rings. The van der Waals surface area contributed by atoms with Crippen LogP contribution in [-0.2, 0) is 0 Å². The van der Waals surface area contributed by atoms with Gasteiger partial charge in [0, 0.05) is 7.14 Å². The minimum absolute atomic E-state index is 1.32. The molecular formula is C14H12I2. The molecule has 2 rings (SSSR count). The molecule has 0 atom stereocenters. The maximum atomic E-state index is 2.43. The van der Waals surface area contributed by atoms with E-state index in [2.05, 4.69) is 95.4 Å². The topological polar surface area (TPSA) is 0 Å². The molecule has 2 heteroatoms. The third-order valence-corrected chi connectivity index (χ3v) is 5.94. The van der Waals surface area contributed by atoms with Crippen molar-refractivity contribution in [2.24, 2.45) is 0 Å². The Labute approximate surface area is 124 Å². The van der Waals surface area contributed by atoms with Gasteiger partial charge in [-0.15, -0.1) is 0 Å². The van der Waals surface area contributed by atoms with Crippen LogP contribution in [0.15, 0.2) is 36.4 Å². The van der Waals surface area contributed by atoms with Crippen molar-refractivity contribution in [2.45, 2.75) is 13.8 Å². The van der Waals surface area contributed by atoms with Crippen LogP contribution >= 0.6 is 45.2 Å². The van der Waals surface area contributed by atoms with Crippen LogP contribution in [0.1, 0.15) is 11.1 Å². The van der Waals surface area contributed by atoms with Crippen LogP contribution in [0.5, 0.6) is 0 Å². The molecule has 0 bridgehead atoms. The Morgan fingerprint density at radius 2 is 1.44 bits per heavy atom. The molecule has 0 N–H and O–H groups in total. The molecule has 2 aromatic rings. The number of halogens is 2. The number of hydrogen-bond acceptors (Lipinski definition) is 0. The van der Waals surface area contributed by atoms with Crippen molar-refractivity contribution in [2.75, 3.05) is 0 Å². The number of aryl methyl sites for hydroxylation is 1. The number of hydrogen-bond donors (Lipinski definition) is 0. The van der Waals surface area contributed by atoms with Crippen LogP contribution in [0.4, 0.5) is 0 Å². The highest BCUT2D eigenvalue weighted by Gasteiger charge is 2.08. The molecule has 0 heterocycles. The average Bonchev–Trinajstić information content (AvgIpc) is 2.27. The fourth-order valence-electron chi connectivity index (χ4n) is 1.75. The summed E-state index contributed by atoms with van der Waals surface area (Å²) in [5, 5.41) is 0. The van der Waals surface area contributed by atoms with Crippen LogP contribution in [0.3, 0.4) is 0 Å². The summed E-state index contributed by atoms with van der Waals surface area (Å²) in [5.74, 6) is 0. The van der Waals surface area contributed by atoms with E-state index in [0.29, 0.717) is 0 Å². The minimum atomic E-state index is 1.32. The van der Waals surface area contributed by atoms with Gasteiger partial charge in [-0.05, 0) is 87.3 Å². The fourth-order valence-corrected chi connectivity index (χ4v) is 2.90. The molecule has 0 aliphatic carbocycles. The van der Waals surface area contributed by atoms with Crippen molar-refractivity contribution in [3.8, 4) is 11.1 Å². The maximum absolute atomic E-state index is 2.43. The van der Waals surface area contributed by atoms with E-state index in [1.54, 1.807) is 0 Å². The lowest BCUT2D eigenvalue weighted by Crippen LogP contribution is -1.91. The van der Waals surface area contributed by atoms with E-state index in [1.807, 2.05) is 0 Å². The van der Waals surface area contributed by atoms with E-state index in [9.17, 15) is 0 Å². The molecule has 82 valence electrons. The van der Waals surface area contributed by atoms with Crippen molar-refractivity contribution >= 4 is 45.2 Å². The van der Waals surface area contributed by atoms with Crippen LogP contribution < -0.4 is 0 Å². The summed E-state index contributed by atoms with van der Waals surface area (Å²) in [6.07, 6.45) is 0. The molecule has 0 unspecified atom stereocenters. The van der Waals surface area contributed by atoms with Gasteiger partial charge in [0.15, 0.2) is 0 Å². The first-order valence-electron chi connectivity index (χ1n) is 5.12. The Kier molecular flexibility index (Phi) is 3.89. The SMILES string of the molecule is Cc1cccc(-c2cccc(I)c2I)c1C. The van der Waals surface area contributed by atoms with E-state index in [-0.39, 0.29) is 0 Å². The molecule has 0 amide bonds. The zero-order valence-corrected chi connectivity index (χ0v) is 13.5. The standard InChI is InChI=1S/C14H12I2/c1-9-5-3-6-11(10(9)2)12-7-4-8-13(15)14(12)16/h3-8H,1-2H3. The van der Waals surface area contributed by atoms with E-state index in [0.717, 1.165) is 0 Å². The summed E-state index contributed by atoms with van der Waals surface area (Å²) < 4.78 is 2.66. The second-order valence-electron chi connectivity index (χ2n) is 3.85. The van der Waals surface area contributed by atoms with Gasteiger partial charge in [0.25, 0.3) is 0 Å². The average molecular weight is 434 g/mol.